The Morgan fingerprint density at radius 2 is 2.15 bits per heavy atom. The van der Waals surface area contributed by atoms with Crippen molar-refractivity contribution in [1.29, 1.82) is 0 Å². The summed E-state index contributed by atoms with van der Waals surface area (Å²) in [5.74, 6) is 0.661. The van der Waals surface area contributed by atoms with Crippen LogP contribution in [0.3, 0.4) is 0 Å². The molecule has 4 N–H and O–H groups in total. The summed E-state index contributed by atoms with van der Waals surface area (Å²) in [6.07, 6.45) is 1.21. The number of amides is 1. The molecule has 110 valence electrons. The van der Waals surface area contributed by atoms with Crippen molar-refractivity contribution < 1.29 is 13.2 Å². The first-order chi connectivity index (χ1) is 9.30. The second-order valence-corrected chi connectivity index (χ2v) is 8.05. The van der Waals surface area contributed by atoms with Gasteiger partial charge in [0.05, 0.1) is 11.3 Å². The minimum absolute atomic E-state index is 0.255. The van der Waals surface area contributed by atoms with E-state index in [2.05, 4.69) is 0 Å². The number of nitrogen functional groups attached to an aromatic ring is 1. The molecule has 20 heavy (non-hydrogen) atoms. The van der Waals surface area contributed by atoms with E-state index in [1.54, 1.807) is 28.8 Å². The average Bonchev–Trinajstić information content (AvgIpc) is 2.37. The lowest BCUT2D eigenvalue weighted by Gasteiger charge is -2.36. The Bertz CT molecular complexity index is 631. The number of thioether (sulfide) groups is 1. The largest absolute Gasteiger partial charge is 0.399 e. The van der Waals surface area contributed by atoms with Gasteiger partial charge in [0.25, 0.3) is 5.91 Å². The van der Waals surface area contributed by atoms with Gasteiger partial charge in [-0.25, -0.2) is 8.42 Å². The predicted octanol–water partition coefficient (Wildman–Crippen LogP) is 0.292. The number of anilines is 2. The molecule has 1 saturated heterocycles. The number of rotatable bonds is 3. The smallest absolute Gasteiger partial charge is 0.250 e. The summed E-state index contributed by atoms with van der Waals surface area (Å²) in [4.78, 5) is 13.3. The molecule has 1 aromatic rings. The number of nitrogens with two attached hydrogens (primary N) is 2. The topological polar surface area (TPSA) is 106 Å². The zero-order valence-electron chi connectivity index (χ0n) is 11.1. The van der Waals surface area contributed by atoms with Crippen molar-refractivity contribution in [3.8, 4) is 0 Å². The van der Waals surface area contributed by atoms with Crippen LogP contribution in [0.15, 0.2) is 18.2 Å². The third-order valence-corrected chi connectivity index (χ3v) is 5.82. The molecule has 8 heteroatoms. The van der Waals surface area contributed by atoms with Gasteiger partial charge in [-0.3, -0.25) is 4.79 Å². The summed E-state index contributed by atoms with van der Waals surface area (Å²) in [7, 11) is -3.25. The van der Waals surface area contributed by atoms with Gasteiger partial charge in [-0.1, -0.05) is 0 Å². The molecular formula is C12H17N3O3S2. The summed E-state index contributed by atoms with van der Waals surface area (Å²) in [6, 6.07) is 4.78. The van der Waals surface area contributed by atoms with Crippen molar-refractivity contribution in [2.24, 2.45) is 5.73 Å². The minimum atomic E-state index is -3.25. The van der Waals surface area contributed by atoms with E-state index in [4.69, 9.17) is 11.5 Å². The van der Waals surface area contributed by atoms with E-state index in [0.29, 0.717) is 23.7 Å². The SMILES string of the molecule is CS(=O)(=O)C1CSCCN1c1ccc(N)cc1C(N)=O. The number of hydrogen-bond donors (Lipinski definition) is 2. The van der Waals surface area contributed by atoms with Gasteiger partial charge in [0, 0.05) is 30.0 Å². The summed E-state index contributed by atoms with van der Waals surface area (Å²) in [5, 5.41) is -0.650. The van der Waals surface area contributed by atoms with E-state index in [1.807, 2.05) is 0 Å². The highest BCUT2D eigenvalue weighted by molar-refractivity contribution is 8.01. The maximum atomic E-state index is 11.9. The van der Waals surface area contributed by atoms with Crippen LogP contribution in [-0.4, -0.2) is 44.0 Å². The van der Waals surface area contributed by atoms with E-state index in [-0.39, 0.29) is 5.56 Å². The number of primary amides is 1. The molecule has 1 aromatic carbocycles. The third-order valence-electron chi connectivity index (χ3n) is 3.17. The number of carbonyl (C=O) groups is 1. The van der Waals surface area contributed by atoms with Crippen molar-refractivity contribution in [3.63, 3.8) is 0 Å². The molecular weight excluding hydrogens is 298 g/mol. The molecule has 0 saturated carbocycles. The first-order valence-electron chi connectivity index (χ1n) is 6.03. The maximum absolute atomic E-state index is 11.9. The van der Waals surface area contributed by atoms with Gasteiger partial charge < -0.3 is 16.4 Å². The lowest BCUT2D eigenvalue weighted by molar-refractivity contribution is 0.100. The molecule has 0 aliphatic carbocycles. The molecule has 0 bridgehead atoms. The summed E-state index contributed by atoms with van der Waals surface area (Å²) >= 11 is 1.58. The third kappa shape index (κ3) is 3.01. The van der Waals surface area contributed by atoms with Crippen LogP contribution < -0.4 is 16.4 Å². The minimum Gasteiger partial charge on any atom is -0.399 e. The van der Waals surface area contributed by atoms with Crippen LogP contribution in [0.1, 0.15) is 10.4 Å². The monoisotopic (exact) mass is 315 g/mol. The van der Waals surface area contributed by atoms with Crippen LogP contribution in [0, 0.1) is 0 Å². The molecule has 2 rings (SSSR count). The van der Waals surface area contributed by atoms with E-state index < -0.39 is 21.1 Å². The average molecular weight is 315 g/mol. The van der Waals surface area contributed by atoms with Gasteiger partial charge in [0.1, 0.15) is 5.37 Å². The zero-order chi connectivity index (χ0) is 14.9. The van der Waals surface area contributed by atoms with Crippen LogP contribution in [0.5, 0.6) is 0 Å². The maximum Gasteiger partial charge on any atom is 0.250 e. The Kier molecular flexibility index (Phi) is 4.14. The van der Waals surface area contributed by atoms with Crippen LogP contribution in [0.2, 0.25) is 0 Å². The van der Waals surface area contributed by atoms with Crippen molar-refractivity contribution >= 4 is 38.9 Å². The van der Waals surface area contributed by atoms with Crippen LogP contribution >= 0.6 is 11.8 Å². The van der Waals surface area contributed by atoms with Gasteiger partial charge in [-0.2, -0.15) is 11.8 Å². The quantitative estimate of drug-likeness (QED) is 0.777. The Hall–Kier alpha value is -1.41. The highest BCUT2D eigenvalue weighted by Crippen LogP contribution is 2.30. The molecule has 0 spiro atoms. The van der Waals surface area contributed by atoms with Crippen molar-refractivity contribution in [3.05, 3.63) is 23.8 Å². The Morgan fingerprint density at radius 1 is 1.45 bits per heavy atom. The highest BCUT2D eigenvalue weighted by atomic mass is 32.2. The van der Waals surface area contributed by atoms with Crippen molar-refractivity contribution in [1.82, 2.24) is 0 Å². The number of hydrogen-bond acceptors (Lipinski definition) is 6. The molecule has 1 atom stereocenters. The van der Waals surface area contributed by atoms with Crippen LogP contribution in [-0.2, 0) is 9.84 Å². The molecule has 1 unspecified atom stereocenters. The molecule has 6 nitrogen and oxygen atoms in total. The molecule has 1 aliphatic heterocycles. The van der Waals surface area contributed by atoms with Crippen molar-refractivity contribution in [2.45, 2.75) is 5.37 Å². The summed E-state index contributed by atoms with van der Waals surface area (Å²) in [5.41, 5.74) is 12.2. The number of carbonyl (C=O) groups excluding carboxylic acids is 1. The second-order valence-electron chi connectivity index (χ2n) is 4.69. The highest BCUT2D eigenvalue weighted by Gasteiger charge is 2.32. The molecule has 1 amide bonds. The molecule has 1 fully saturated rings. The lowest BCUT2D eigenvalue weighted by atomic mass is 10.1. The zero-order valence-corrected chi connectivity index (χ0v) is 12.7. The van der Waals surface area contributed by atoms with Crippen LogP contribution in [0.4, 0.5) is 11.4 Å². The van der Waals surface area contributed by atoms with Gasteiger partial charge in [-0.15, -0.1) is 0 Å². The Morgan fingerprint density at radius 3 is 2.75 bits per heavy atom. The van der Waals surface area contributed by atoms with E-state index >= 15 is 0 Å². The predicted molar refractivity (Wildman–Crippen MR) is 82.7 cm³/mol. The molecule has 1 aliphatic rings. The fourth-order valence-electron chi connectivity index (χ4n) is 2.21. The summed E-state index contributed by atoms with van der Waals surface area (Å²) < 4.78 is 23.8. The van der Waals surface area contributed by atoms with Crippen LogP contribution in [0.25, 0.3) is 0 Å². The first-order valence-corrected chi connectivity index (χ1v) is 9.14. The number of nitrogens with zero attached hydrogens (tertiary/aromatic N) is 1. The first kappa shape index (κ1) is 15.0. The van der Waals surface area contributed by atoms with Crippen molar-refractivity contribution in [2.75, 3.05) is 34.9 Å². The fraction of sp³-hybridized carbons (Fsp3) is 0.417. The van der Waals surface area contributed by atoms with Gasteiger partial charge in [-0.05, 0) is 18.2 Å². The standard InChI is InChI=1S/C12H17N3O3S2/c1-20(17,18)11-7-19-5-4-15(11)10-3-2-8(13)6-9(10)12(14)16/h2-3,6,11H,4-5,7,13H2,1H3,(H2,14,16). The van der Waals surface area contributed by atoms with E-state index in [1.165, 1.54) is 12.3 Å². The normalized spacial score (nSPS) is 19.9. The van der Waals surface area contributed by atoms with Gasteiger partial charge in [0.2, 0.25) is 0 Å². The van der Waals surface area contributed by atoms with E-state index in [0.717, 1.165) is 5.75 Å². The molecule has 0 aromatic heterocycles. The summed E-state index contributed by atoms with van der Waals surface area (Å²) in [6.45, 7) is 0.548. The second kappa shape index (κ2) is 5.53. The number of benzene rings is 1. The van der Waals surface area contributed by atoms with Gasteiger partial charge >= 0.3 is 0 Å². The Balaban J connectivity index is 2.50. The molecule has 0 radical (unpaired) electrons. The molecule has 1 heterocycles. The lowest BCUT2D eigenvalue weighted by Crippen LogP contribution is -2.47. The number of sulfone groups is 1. The fourth-order valence-corrected chi connectivity index (χ4v) is 5.05. The van der Waals surface area contributed by atoms with Gasteiger partial charge in [0.15, 0.2) is 9.84 Å². The van der Waals surface area contributed by atoms with E-state index in [9.17, 15) is 13.2 Å². The Labute approximate surface area is 122 Å².